The summed E-state index contributed by atoms with van der Waals surface area (Å²) in [6.07, 6.45) is 1.59. The second-order valence-electron chi connectivity index (χ2n) is 4.06. The van der Waals surface area contributed by atoms with Crippen LogP contribution < -0.4 is 4.74 Å². The van der Waals surface area contributed by atoms with Crippen molar-refractivity contribution in [1.82, 2.24) is 0 Å². The minimum absolute atomic E-state index is 0.121. The molecule has 0 spiro atoms. The summed E-state index contributed by atoms with van der Waals surface area (Å²) < 4.78 is 15.5. The quantitative estimate of drug-likeness (QED) is 0.631. The number of benzene rings is 1. The van der Waals surface area contributed by atoms with Gasteiger partial charge >= 0.3 is 5.97 Å². The third-order valence-electron chi connectivity index (χ3n) is 2.78. The Kier molecular flexibility index (Phi) is 4.06. The van der Waals surface area contributed by atoms with Crippen LogP contribution in [0.1, 0.15) is 12.7 Å². The van der Waals surface area contributed by atoms with Gasteiger partial charge in [-0.05, 0) is 25.1 Å². The number of carbonyl (C=O) groups is 1. The largest absolute Gasteiger partial charge is 0.484 e. The Morgan fingerprint density at radius 1 is 1.45 bits per heavy atom. The second-order valence-corrected chi connectivity index (χ2v) is 4.06. The molecule has 0 fully saturated rings. The smallest absolute Gasteiger partial charge is 0.333 e. The molecule has 0 unspecified atom stereocenters. The first-order valence-electron chi connectivity index (χ1n) is 5.97. The number of esters is 1. The van der Waals surface area contributed by atoms with Crippen molar-refractivity contribution in [3.05, 3.63) is 41.7 Å². The van der Waals surface area contributed by atoms with Crippen LogP contribution in [0.5, 0.6) is 5.75 Å². The van der Waals surface area contributed by atoms with E-state index in [2.05, 4.69) is 4.74 Å². The van der Waals surface area contributed by atoms with E-state index in [-0.39, 0.29) is 12.4 Å². The Hall–Kier alpha value is -2.74. The lowest BCUT2D eigenvalue weighted by Crippen LogP contribution is -2.04. The number of methoxy groups -OCH3 is 1. The number of nitriles is 1. The molecule has 0 amide bonds. The SMILES string of the molecule is COC(=O)/C(C)=C/COc1c(C#N)oc2ccccc12. The van der Waals surface area contributed by atoms with Gasteiger partial charge in [-0.1, -0.05) is 12.1 Å². The van der Waals surface area contributed by atoms with Gasteiger partial charge in [0.05, 0.1) is 12.5 Å². The van der Waals surface area contributed by atoms with Gasteiger partial charge < -0.3 is 13.9 Å². The van der Waals surface area contributed by atoms with Crippen LogP contribution in [-0.4, -0.2) is 19.7 Å². The summed E-state index contributed by atoms with van der Waals surface area (Å²) in [6.45, 7) is 1.78. The van der Waals surface area contributed by atoms with Crippen molar-refractivity contribution >= 4 is 16.9 Å². The monoisotopic (exact) mass is 271 g/mol. The van der Waals surface area contributed by atoms with Gasteiger partial charge in [0, 0.05) is 5.57 Å². The topological polar surface area (TPSA) is 72.5 Å². The van der Waals surface area contributed by atoms with E-state index in [0.29, 0.717) is 16.9 Å². The molecule has 1 aromatic heterocycles. The van der Waals surface area contributed by atoms with E-state index in [4.69, 9.17) is 14.4 Å². The number of ether oxygens (including phenoxy) is 2. The zero-order valence-corrected chi connectivity index (χ0v) is 11.2. The zero-order chi connectivity index (χ0) is 14.5. The molecule has 0 saturated heterocycles. The Morgan fingerprint density at radius 3 is 2.90 bits per heavy atom. The summed E-state index contributed by atoms with van der Waals surface area (Å²) >= 11 is 0. The summed E-state index contributed by atoms with van der Waals surface area (Å²) in [6, 6.07) is 9.18. The van der Waals surface area contributed by atoms with Crippen LogP contribution in [0.2, 0.25) is 0 Å². The van der Waals surface area contributed by atoms with Gasteiger partial charge in [-0.2, -0.15) is 5.26 Å². The molecule has 0 aliphatic heterocycles. The highest BCUT2D eigenvalue weighted by atomic mass is 16.5. The number of para-hydroxylation sites is 1. The fraction of sp³-hybridized carbons (Fsp3) is 0.200. The first kappa shape index (κ1) is 13.7. The Bertz CT molecular complexity index is 706. The van der Waals surface area contributed by atoms with E-state index >= 15 is 0 Å². The molecule has 0 bridgehead atoms. The maximum Gasteiger partial charge on any atom is 0.333 e. The molecule has 5 heteroatoms. The van der Waals surface area contributed by atoms with E-state index in [0.717, 1.165) is 5.39 Å². The highest BCUT2D eigenvalue weighted by Gasteiger charge is 2.14. The first-order valence-corrected chi connectivity index (χ1v) is 5.97. The molecule has 5 nitrogen and oxygen atoms in total. The fourth-order valence-electron chi connectivity index (χ4n) is 1.73. The first-order chi connectivity index (χ1) is 9.67. The molecule has 20 heavy (non-hydrogen) atoms. The van der Waals surface area contributed by atoms with Crippen LogP contribution in [0.15, 0.2) is 40.3 Å². The van der Waals surface area contributed by atoms with Gasteiger partial charge in [0.15, 0.2) is 5.75 Å². The molecule has 0 aliphatic rings. The Labute approximate surface area is 116 Å². The molecule has 0 atom stereocenters. The maximum atomic E-state index is 11.2. The third-order valence-corrected chi connectivity index (χ3v) is 2.78. The number of carbonyl (C=O) groups excluding carboxylic acids is 1. The van der Waals surface area contributed by atoms with Crippen molar-refractivity contribution < 1.29 is 18.7 Å². The fourth-order valence-corrected chi connectivity index (χ4v) is 1.73. The summed E-state index contributed by atoms with van der Waals surface area (Å²) in [5, 5.41) is 9.77. The molecule has 2 rings (SSSR count). The molecule has 2 aromatic rings. The van der Waals surface area contributed by atoms with Crippen LogP contribution in [0.3, 0.4) is 0 Å². The van der Waals surface area contributed by atoms with Crippen LogP contribution in [0.25, 0.3) is 11.0 Å². The van der Waals surface area contributed by atoms with E-state index < -0.39 is 5.97 Å². The number of nitrogens with zero attached hydrogens (tertiary/aromatic N) is 1. The van der Waals surface area contributed by atoms with Crippen molar-refractivity contribution in [1.29, 1.82) is 5.26 Å². The average Bonchev–Trinajstić information content (AvgIpc) is 2.84. The van der Waals surface area contributed by atoms with E-state index in [1.807, 2.05) is 24.3 Å². The minimum atomic E-state index is -0.411. The number of hydrogen-bond acceptors (Lipinski definition) is 5. The molecule has 1 heterocycles. The number of fused-ring (bicyclic) bond motifs is 1. The van der Waals surface area contributed by atoms with Crippen LogP contribution in [0, 0.1) is 11.3 Å². The van der Waals surface area contributed by atoms with Gasteiger partial charge in [0.25, 0.3) is 0 Å². The summed E-state index contributed by atoms with van der Waals surface area (Å²) in [7, 11) is 1.32. The normalized spacial score (nSPS) is 11.2. The molecule has 0 aliphatic carbocycles. The Balaban J connectivity index is 2.22. The predicted octanol–water partition coefficient (Wildman–Crippen LogP) is 2.80. The summed E-state index contributed by atoms with van der Waals surface area (Å²) in [4.78, 5) is 11.2. The van der Waals surface area contributed by atoms with E-state index in [1.54, 1.807) is 19.1 Å². The average molecular weight is 271 g/mol. The second kappa shape index (κ2) is 5.93. The molecule has 0 radical (unpaired) electrons. The predicted molar refractivity (Wildman–Crippen MR) is 72.2 cm³/mol. The van der Waals surface area contributed by atoms with Crippen LogP contribution >= 0.6 is 0 Å². The standard InChI is InChI=1S/C15H13NO4/c1-10(15(17)18-2)7-8-19-14-11-5-3-4-6-12(11)20-13(14)9-16/h3-7H,8H2,1-2H3/b10-7+. The summed E-state index contributed by atoms with van der Waals surface area (Å²) in [5.41, 5.74) is 1.03. The Morgan fingerprint density at radius 2 is 2.20 bits per heavy atom. The number of furan rings is 1. The summed E-state index contributed by atoms with van der Waals surface area (Å²) in [5.74, 6) is 0.0958. The number of rotatable bonds is 4. The molecular formula is C15H13NO4. The highest BCUT2D eigenvalue weighted by Crippen LogP contribution is 2.32. The van der Waals surface area contributed by atoms with Crippen LogP contribution in [-0.2, 0) is 9.53 Å². The number of hydrogen-bond donors (Lipinski definition) is 0. The van der Waals surface area contributed by atoms with Gasteiger partial charge in [0.1, 0.15) is 18.3 Å². The van der Waals surface area contributed by atoms with Crippen molar-refractivity contribution in [2.75, 3.05) is 13.7 Å². The van der Waals surface area contributed by atoms with Crippen LogP contribution in [0.4, 0.5) is 0 Å². The third kappa shape index (κ3) is 2.64. The molecule has 102 valence electrons. The lowest BCUT2D eigenvalue weighted by Gasteiger charge is -2.02. The van der Waals surface area contributed by atoms with E-state index in [1.165, 1.54) is 7.11 Å². The molecule has 1 aromatic carbocycles. The van der Waals surface area contributed by atoms with Gasteiger partial charge in [-0.25, -0.2) is 4.79 Å². The molecule has 0 saturated carbocycles. The van der Waals surface area contributed by atoms with Gasteiger partial charge in [-0.3, -0.25) is 0 Å². The van der Waals surface area contributed by atoms with Crippen molar-refractivity contribution in [3.8, 4) is 11.8 Å². The minimum Gasteiger partial charge on any atom is -0.484 e. The lowest BCUT2D eigenvalue weighted by molar-refractivity contribution is -0.136. The van der Waals surface area contributed by atoms with Gasteiger partial charge in [0.2, 0.25) is 5.76 Å². The van der Waals surface area contributed by atoms with E-state index in [9.17, 15) is 4.79 Å². The van der Waals surface area contributed by atoms with Crippen molar-refractivity contribution in [2.45, 2.75) is 6.92 Å². The molecular weight excluding hydrogens is 258 g/mol. The zero-order valence-electron chi connectivity index (χ0n) is 11.2. The van der Waals surface area contributed by atoms with Crippen molar-refractivity contribution in [2.24, 2.45) is 0 Å². The van der Waals surface area contributed by atoms with Gasteiger partial charge in [-0.15, -0.1) is 0 Å². The molecule has 0 N–H and O–H groups in total. The maximum absolute atomic E-state index is 11.2. The van der Waals surface area contributed by atoms with Crippen molar-refractivity contribution in [3.63, 3.8) is 0 Å². The lowest BCUT2D eigenvalue weighted by atomic mass is 10.2. The highest BCUT2D eigenvalue weighted by molar-refractivity contribution is 5.88.